The Kier molecular flexibility index (Phi) is 5.78. The highest BCUT2D eigenvalue weighted by molar-refractivity contribution is 5.81. The number of halogens is 13. The summed E-state index contributed by atoms with van der Waals surface area (Å²) in [7, 11) is 0. The number of carbonyl (C=O) groups is 1. The topological polar surface area (TPSA) is 35.5 Å². The summed E-state index contributed by atoms with van der Waals surface area (Å²) in [5, 5.41) is 0. The van der Waals surface area contributed by atoms with E-state index in [-0.39, 0.29) is 6.08 Å². The highest BCUT2D eigenvalue weighted by Crippen LogP contribution is 2.55. The molecule has 148 valence electrons. The van der Waals surface area contributed by atoms with E-state index in [1.807, 2.05) is 0 Å². The average molecular weight is 406 g/mol. The first-order chi connectivity index (χ1) is 10.7. The summed E-state index contributed by atoms with van der Waals surface area (Å²) in [5.74, 6) is -17.7. The maximum Gasteiger partial charge on any atom is 0.483 e. The highest BCUT2D eigenvalue weighted by atomic mass is 19.4. The lowest BCUT2D eigenvalue weighted by molar-refractivity contribution is -0.516. The molecule has 0 radical (unpaired) electrons. The SMILES string of the molecule is C=CC(=O)OC(F)(F)C(F)(F)C(F)(F)C(F)(F)OC(F)(F)C(F)(F)F. The van der Waals surface area contributed by atoms with Gasteiger partial charge >= 0.3 is 42.3 Å². The Morgan fingerprint density at radius 2 is 1.04 bits per heavy atom. The molecule has 0 bridgehead atoms. The predicted octanol–water partition coefficient (Wildman–Crippen LogP) is 4.34. The summed E-state index contributed by atoms with van der Waals surface area (Å²) in [6, 6.07) is 0. The van der Waals surface area contributed by atoms with Crippen molar-refractivity contribution in [1.29, 1.82) is 0 Å². The van der Waals surface area contributed by atoms with Crippen LogP contribution in [0.4, 0.5) is 57.1 Å². The fourth-order valence-electron chi connectivity index (χ4n) is 0.881. The normalized spacial score (nSPS) is 15.1. The van der Waals surface area contributed by atoms with Gasteiger partial charge in [-0.3, -0.25) is 0 Å². The Bertz CT molecular complexity index is 521. The molecule has 0 aromatic rings. The van der Waals surface area contributed by atoms with Crippen LogP contribution < -0.4 is 0 Å². The summed E-state index contributed by atoms with van der Waals surface area (Å²) in [6.07, 6.45) is -28.8. The highest BCUT2D eigenvalue weighted by Gasteiger charge is 2.85. The number of esters is 1. The Hall–Kier alpha value is -1.74. The van der Waals surface area contributed by atoms with E-state index < -0.39 is 42.3 Å². The summed E-state index contributed by atoms with van der Waals surface area (Å²) >= 11 is 0. The van der Waals surface area contributed by atoms with Crippen LogP contribution in [0.5, 0.6) is 0 Å². The van der Waals surface area contributed by atoms with Crippen LogP contribution in [-0.4, -0.2) is 42.3 Å². The summed E-state index contributed by atoms with van der Waals surface area (Å²) in [4.78, 5) is 10.3. The van der Waals surface area contributed by atoms with Gasteiger partial charge < -0.3 is 4.74 Å². The second-order valence-electron chi connectivity index (χ2n) is 3.92. The maximum atomic E-state index is 12.9. The molecule has 0 atom stereocenters. The van der Waals surface area contributed by atoms with Gasteiger partial charge in [-0.25, -0.2) is 9.53 Å². The minimum Gasteiger partial charge on any atom is -0.393 e. The minimum atomic E-state index is -7.69. The van der Waals surface area contributed by atoms with Crippen LogP contribution in [-0.2, 0) is 14.3 Å². The summed E-state index contributed by atoms with van der Waals surface area (Å²) < 4.78 is 166. The third-order valence-corrected chi connectivity index (χ3v) is 2.11. The fourth-order valence-corrected chi connectivity index (χ4v) is 0.881. The van der Waals surface area contributed by atoms with Crippen molar-refractivity contribution in [1.82, 2.24) is 0 Å². The number of rotatable bonds is 7. The largest absolute Gasteiger partial charge is 0.483 e. The molecule has 3 nitrogen and oxygen atoms in total. The minimum absolute atomic E-state index is 0.297. The lowest BCUT2D eigenvalue weighted by atomic mass is 10.1. The van der Waals surface area contributed by atoms with Gasteiger partial charge in [0.15, 0.2) is 0 Å². The van der Waals surface area contributed by atoms with Crippen LogP contribution >= 0.6 is 0 Å². The van der Waals surface area contributed by atoms with Crippen molar-refractivity contribution in [2.45, 2.75) is 36.3 Å². The fraction of sp³-hybridized carbons (Fsp3) is 0.667. The molecule has 0 fully saturated rings. The first kappa shape index (κ1) is 23.3. The second-order valence-corrected chi connectivity index (χ2v) is 3.92. The van der Waals surface area contributed by atoms with Gasteiger partial charge in [-0.05, 0) is 0 Å². The van der Waals surface area contributed by atoms with Gasteiger partial charge in [-0.2, -0.15) is 57.1 Å². The molecule has 25 heavy (non-hydrogen) atoms. The molecule has 0 N–H and O–H groups in total. The Morgan fingerprint density at radius 3 is 1.36 bits per heavy atom. The molecule has 0 aromatic heterocycles. The van der Waals surface area contributed by atoms with Crippen molar-refractivity contribution in [2.24, 2.45) is 0 Å². The van der Waals surface area contributed by atoms with E-state index in [1.165, 1.54) is 4.74 Å². The van der Waals surface area contributed by atoms with Crippen molar-refractivity contribution in [3.63, 3.8) is 0 Å². The number of hydrogen-bond donors (Lipinski definition) is 0. The molecular formula is C9H3F13O3. The van der Waals surface area contributed by atoms with E-state index >= 15 is 0 Å². The van der Waals surface area contributed by atoms with Gasteiger partial charge in [0.2, 0.25) is 0 Å². The molecule has 0 aromatic carbocycles. The zero-order valence-corrected chi connectivity index (χ0v) is 10.9. The molecule has 0 unspecified atom stereocenters. The van der Waals surface area contributed by atoms with Gasteiger partial charge in [-0.15, -0.1) is 0 Å². The van der Waals surface area contributed by atoms with Crippen molar-refractivity contribution < 1.29 is 71.3 Å². The lowest BCUT2D eigenvalue weighted by Gasteiger charge is -2.36. The Morgan fingerprint density at radius 1 is 0.680 bits per heavy atom. The summed E-state index contributed by atoms with van der Waals surface area (Å²) in [5.41, 5.74) is 0. The first-order valence-corrected chi connectivity index (χ1v) is 5.17. The van der Waals surface area contributed by atoms with Crippen molar-refractivity contribution in [3.05, 3.63) is 12.7 Å². The molecule has 0 amide bonds. The zero-order chi connectivity index (χ0) is 20.7. The standard InChI is InChI=1S/C9H3F13O3/c1-2-3(23)24-7(17,18)4(10,11)5(12,13)8(19,20)25-9(21,22)6(14,15)16/h2H,1H2. The van der Waals surface area contributed by atoms with Crippen LogP contribution in [0.3, 0.4) is 0 Å². The van der Waals surface area contributed by atoms with Gasteiger partial charge in [0, 0.05) is 6.08 Å². The van der Waals surface area contributed by atoms with E-state index in [9.17, 15) is 61.9 Å². The van der Waals surface area contributed by atoms with Gasteiger partial charge in [0.05, 0.1) is 0 Å². The van der Waals surface area contributed by atoms with E-state index in [1.54, 1.807) is 0 Å². The van der Waals surface area contributed by atoms with Gasteiger partial charge in [-0.1, -0.05) is 6.58 Å². The quantitative estimate of drug-likeness (QED) is 0.359. The third-order valence-electron chi connectivity index (χ3n) is 2.11. The van der Waals surface area contributed by atoms with E-state index in [4.69, 9.17) is 0 Å². The van der Waals surface area contributed by atoms with Crippen LogP contribution in [0.2, 0.25) is 0 Å². The number of ether oxygens (including phenoxy) is 2. The van der Waals surface area contributed by atoms with Crippen LogP contribution in [0.15, 0.2) is 12.7 Å². The Labute approximate surface area is 128 Å². The molecule has 0 saturated carbocycles. The van der Waals surface area contributed by atoms with Crippen molar-refractivity contribution in [3.8, 4) is 0 Å². The van der Waals surface area contributed by atoms with E-state index in [2.05, 4.69) is 11.3 Å². The zero-order valence-electron chi connectivity index (χ0n) is 10.9. The Balaban J connectivity index is 5.92. The van der Waals surface area contributed by atoms with Crippen LogP contribution in [0, 0.1) is 0 Å². The van der Waals surface area contributed by atoms with Crippen LogP contribution in [0.1, 0.15) is 0 Å². The molecule has 0 saturated heterocycles. The first-order valence-electron chi connectivity index (χ1n) is 5.17. The van der Waals surface area contributed by atoms with Gasteiger partial charge in [0.1, 0.15) is 0 Å². The number of alkyl halides is 13. The summed E-state index contributed by atoms with van der Waals surface area (Å²) in [6.45, 7) is 2.38. The molecule has 0 aliphatic heterocycles. The molecule has 0 spiro atoms. The smallest absolute Gasteiger partial charge is 0.393 e. The van der Waals surface area contributed by atoms with Gasteiger partial charge in [0.25, 0.3) is 0 Å². The predicted molar refractivity (Wildman–Crippen MR) is 48.2 cm³/mol. The molecule has 0 aliphatic rings. The number of carbonyl (C=O) groups excluding carboxylic acids is 1. The van der Waals surface area contributed by atoms with Crippen molar-refractivity contribution in [2.75, 3.05) is 0 Å². The molecule has 0 heterocycles. The third kappa shape index (κ3) is 4.09. The van der Waals surface area contributed by atoms with E-state index in [0.717, 1.165) is 0 Å². The lowest BCUT2D eigenvalue weighted by Crippen LogP contribution is -2.65. The van der Waals surface area contributed by atoms with E-state index in [0.29, 0.717) is 0 Å². The maximum absolute atomic E-state index is 12.9. The number of hydrogen-bond acceptors (Lipinski definition) is 3. The van der Waals surface area contributed by atoms with Crippen LogP contribution in [0.25, 0.3) is 0 Å². The van der Waals surface area contributed by atoms with Crippen molar-refractivity contribution >= 4 is 5.97 Å². The molecular weight excluding hydrogens is 403 g/mol. The molecule has 0 rings (SSSR count). The second kappa shape index (κ2) is 6.21. The monoisotopic (exact) mass is 406 g/mol. The molecule has 16 heteroatoms. The average Bonchev–Trinajstić information content (AvgIpc) is 2.34. The molecule has 0 aliphatic carbocycles.